The van der Waals surface area contributed by atoms with Gasteiger partial charge in [0, 0.05) is 25.3 Å². The van der Waals surface area contributed by atoms with Crippen LogP contribution in [0.2, 0.25) is 0 Å². The van der Waals surface area contributed by atoms with Crippen LogP contribution in [0.5, 0.6) is 0 Å². The van der Waals surface area contributed by atoms with E-state index in [2.05, 4.69) is 11.1 Å². The van der Waals surface area contributed by atoms with Crippen LogP contribution in [0.3, 0.4) is 0 Å². The van der Waals surface area contributed by atoms with E-state index in [1.54, 1.807) is 37.6 Å². The number of ether oxygens (including phenoxy) is 1. The Morgan fingerprint density at radius 2 is 2.10 bits per heavy atom. The lowest BCUT2D eigenvalue weighted by molar-refractivity contribution is 0.0796. The predicted octanol–water partition coefficient (Wildman–Crippen LogP) is 3.30. The van der Waals surface area contributed by atoms with Gasteiger partial charge in [0.2, 0.25) is 0 Å². The fraction of sp³-hybridized carbons (Fsp3) is 0.235. The first-order valence-electron chi connectivity index (χ1n) is 6.71. The number of benzene rings is 1. The highest BCUT2D eigenvalue weighted by Crippen LogP contribution is 2.22. The number of Topliss-reactive ketones (excluding diaryl/α,β-unsaturated/α-hetero) is 1. The number of aromatic nitrogens is 1. The van der Waals surface area contributed by atoms with Crippen molar-refractivity contribution in [1.29, 1.82) is 5.26 Å². The van der Waals surface area contributed by atoms with Gasteiger partial charge >= 0.3 is 0 Å². The zero-order valence-electron chi connectivity index (χ0n) is 11.8. The summed E-state index contributed by atoms with van der Waals surface area (Å²) in [5.41, 5.74) is 1.92. The van der Waals surface area contributed by atoms with E-state index in [0.717, 1.165) is 0 Å². The fourth-order valence-corrected chi connectivity index (χ4v) is 2.11. The SMILES string of the molecule is COC(CCC(=O)c1ccccc1)c1cc(C#N)ccn1. The van der Waals surface area contributed by atoms with Gasteiger partial charge in [0.1, 0.15) is 0 Å². The molecule has 0 saturated carbocycles. The van der Waals surface area contributed by atoms with E-state index in [1.165, 1.54) is 0 Å². The Morgan fingerprint density at radius 1 is 1.33 bits per heavy atom. The lowest BCUT2D eigenvalue weighted by atomic mass is 10.0. The average Bonchev–Trinajstić information content (AvgIpc) is 2.56. The molecular formula is C17H16N2O2. The maximum Gasteiger partial charge on any atom is 0.162 e. The van der Waals surface area contributed by atoms with E-state index < -0.39 is 0 Å². The first-order valence-corrected chi connectivity index (χ1v) is 6.71. The third-order valence-electron chi connectivity index (χ3n) is 3.25. The molecule has 0 spiro atoms. The number of nitrogens with zero attached hydrogens (tertiary/aromatic N) is 2. The zero-order chi connectivity index (χ0) is 15.1. The van der Waals surface area contributed by atoms with E-state index in [4.69, 9.17) is 10.00 Å². The van der Waals surface area contributed by atoms with Crippen molar-refractivity contribution in [2.45, 2.75) is 18.9 Å². The lowest BCUT2D eigenvalue weighted by Crippen LogP contribution is -2.08. The minimum absolute atomic E-state index is 0.0779. The van der Waals surface area contributed by atoms with Crippen molar-refractivity contribution in [3.8, 4) is 6.07 Å². The van der Waals surface area contributed by atoms with Crippen molar-refractivity contribution >= 4 is 5.78 Å². The Balaban J connectivity index is 2.03. The van der Waals surface area contributed by atoms with E-state index in [1.807, 2.05) is 18.2 Å². The number of rotatable bonds is 6. The van der Waals surface area contributed by atoms with Crippen molar-refractivity contribution in [3.63, 3.8) is 0 Å². The van der Waals surface area contributed by atoms with Crippen LogP contribution < -0.4 is 0 Å². The summed E-state index contributed by atoms with van der Waals surface area (Å²) in [5, 5.41) is 8.91. The molecule has 1 heterocycles. The number of pyridine rings is 1. The second-order valence-electron chi connectivity index (χ2n) is 4.63. The van der Waals surface area contributed by atoms with Crippen LogP contribution in [0.1, 0.15) is 40.6 Å². The molecule has 0 aliphatic rings. The van der Waals surface area contributed by atoms with Crippen LogP contribution in [0.15, 0.2) is 48.7 Å². The second kappa shape index (κ2) is 7.32. The van der Waals surface area contributed by atoms with Crippen molar-refractivity contribution in [2.75, 3.05) is 7.11 Å². The summed E-state index contributed by atoms with van der Waals surface area (Å²) in [6.07, 6.45) is 2.21. The Hall–Kier alpha value is -2.51. The molecule has 0 fully saturated rings. The highest BCUT2D eigenvalue weighted by Gasteiger charge is 2.15. The average molecular weight is 280 g/mol. The van der Waals surface area contributed by atoms with Gasteiger partial charge < -0.3 is 4.74 Å². The lowest BCUT2D eigenvalue weighted by Gasteiger charge is -2.14. The zero-order valence-corrected chi connectivity index (χ0v) is 11.8. The first kappa shape index (κ1) is 14.9. The Labute approximate surface area is 124 Å². The molecule has 0 aliphatic heterocycles. The molecule has 0 saturated heterocycles. The summed E-state index contributed by atoms with van der Waals surface area (Å²) in [7, 11) is 1.58. The van der Waals surface area contributed by atoms with E-state index in [-0.39, 0.29) is 11.9 Å². The smallest absolute Gasteiger partial charge is 0.162 e. The van der Waals surface area contributed by atoms with Gasteiger partial charge in [0.15, 0.2) is 5.78 Å². The molecule has 0 amide bonds. The largest absolute Gasteiger partial charge is 0.375 e. The van der Waals surface area contributed by atoms with Crippen LogP contribution in [0.25, 0.3) is 0 Å². The van der Waals surface area contributed by atoms with Crippen LogP contribution in [-0.2, 0) is 4.74 Å². The number of hydrogen-bond acceptors (Lipinski definition) is 4. The van der Waals surface area contributed by atoms with Gasteiger partial charge in [0.25, 0.3) is 0 Å². The quantitative estimate of drug-likeness (QED) is 0.761. The number of carbonyl (C=O) groups excluding carboxylic acids is 1. The van der Waals surface area contributed by atoms with E-state index >= 15 is 0 Å². The molecular weight excluding hydrogens is 264 g/mol. The van der Waals surface area contributed by atoms with Gasteiger partial charge in [-0.05, 0) is 18.6 Å². The van der Waals surface area contributed by atoms with Crippen molar-refractivity contribution in [2.24, 2.45) is 0 Å². The highest BCUT2D eigenvalue weighted by molar-refractivity contribution is 5.95. The van der Waals surface area contributed by atoms with Crippen molar-refractivity contribution < 1.29 is 9.53 Å². The van der Waals surface area contributed by atoms with Crippen LogP contribution in [0.4, 0.5) is 0 Å². The number of carbonyl (C=O) groups is 1. The van der Waals surface area contributed by atoms with Gasteiger partial charge in [0.05, 0.1) is 23.4 Å². The fourth-order valence-electron chi connectivity index (χ4n) is 2.11. The maximum absolute atomic E-state index is 12.1. The standard InChI is InChI=1S/C17H16N2O2/c1-21-17(15-11-13(12-18)9-10-19-15)8-7-16(20)14-5-3-2-4-6-14/h2-6,9-11,17H,7-8H2,1H3. The van der Waals surface area contributed by atoms with Crippen LogP contribution in [-0.4, -0.2) is 17.9 Å². The van der Waals surface area contributed by atoms with Gasteiger partial charge in [-0.1, -0.05) is 30.3 Å². The third-order valence-corrected chi connectivity index (χ3v) is 3.25. The number of nitriles is 1. The molecule has 2 rings (SSSR count). The summed E-state index contributed by atoms with van der Waals surface area (Å²) in [6, 6.07) is 14.6. The predicted molar refractivity (Wildman–Crippen MR) is 78.7 cm³/mol. The molecule has 0 bridgehead atoms. The molecule has 21 heavy (non-hydrogen) atoms. The molecule has 1 aromatic heterocycles. The minimum Gasteiger partial charge on any atom is -0.375 e. The number of methoxy groups -OCH3 is 1. The number of ketones is 1. The first-order chi connectivity index (χ1) is 10.2. The summed E-state index contributed by atoms with van der Waals surface area (Å²) in [5.74, 6) is 0.0779. The molecule has 2 aromatic rings. The second-order valence-corrected chi connectivity index (χ2v) is 4.63. The maximum atomic E-state index is 12.1. The Morgan fingerprint density at radius 3 is 2.76 bits per heavy atom. The molecule has 1 atom stereocenters. The van der Waals surface area contributed by atoms with Crippen LogP contribution >= 0.6 is 0 Å². The Kier molecular flexibility index (Phi) is 5.19. The van der Waals surface area contributed by atoms with Gasteiger partial charge in [-0.15, -0.1) is 0 Å². The topological polar surface area (TPSA) is 63.0 Å². The molecule has 4 nitrogen and oxygen atoms in total. The molecule has 0 radical (unpaired) electrons. The molecule has 0 aliphatic carbocycles. The van der Waals surface area contributed by atoms with Gasteiger partial charge in [-0.2, -0.15) is 5.26 Å². The van der Waals surface area contributed by atoms with E-state index in [0.29, 0.717) is 29.7 Å². The summed E-state index contributed by atoms with van der Waals surface area (Å²) in [6.45, 7) is 0. The normalized spacial score (nSPS) is 11.6. The third kappa shape index (κ3) is 3.98. The Bertz CT molecular complexity index is 647. The summed E-state index contributed by atoms with van der Waals surface area (Å²) >= 11 is 0. The summed E-state index contributed by atoms with van der Waals surface area (Å²) in [4.78, 5) is 16.3. The molecule has 0 N–H and O–H groups in total. The number of hydrogen-bond donors (Lipinski definition) is 0. The van der Waals surface area contributed by atoms with Crippen LogP contribution in [0, 0.1) is 11.3 Å². The molecule has 1 unspecified atom stereocenters. The molecule has 4 heteroatoms. The highest BCUT2D eigenvalue weighted by atomic mass is 16.5. The minimum atomic E-state index is -0.286. The van der Waals surface area contributed by atoms with E-state index in [9.17, 15) is 4.79 Å². The summed E-state index contributed by atoms with van der Waals surface area (Å²) < 4.78 is 5.40. The monoisotopic (exact) mass is 280 g/mol. The molecule has 1 aromatic carbocycles. The van der Waals surface area contributed by atoms with Crippen molar-refractivity contribution in [1.82, 2.24) is 4.98 Å². The van der Waals surface area contributed by atoms with Gasteiger partial charge in [-0.3, -0.25) is 9.78 Å². The van der Waals surface area contributed by atoms with Crippen molar-refractivity contribution in [3.05, 3.63) is 65.5 Å². The molecule has 106 valence electrons. The van der Waals surface area contributed by atoms with Gasteiger partial charge in [-0.25, -0.2) is 0 Å².